The van der Waals surface area contributed by atoms with Crippen LogP contribution < -0.4 is 5.73 Å². The van der Waals surface area contributed by atoms with E-state index < -0.39 is 0 Å². The monoisotopic (exact) mass is 426 g/mol. The van der Waals surface area contributed by atoms with Gasteiger partial charge in [-0.05, 0) is 35.9 Å². The van der Waals surface area contributed by atoms with E-state index in [1.165, 1.54) is 0 Å². The van der Waals surface area contributed by atoms with Crippen molar-refractivity contribution in [2.75, 3.05) is 5.73 Å². The van der Waals surface area contributed by atoms with Crippen molar-refractivity contribution in [1.82, 2.24) is 5.16 Å². The van der Waals surface area contributed by atoms with Crippen LogP contribution in [0.25, 0.3) is 22.4 Å². The topological polar surface area (TPSA) is 52.0 Å². The Kier molecular flexibility index (Phi) is 4.06. The zero-order valence-corrected chi connectivity index (χ0v) is 14.5. The van der Waals surface area contributed by atoms with E-state index in [4.69, 9.17) is 21.9 Å². The summed E-state index contributed by atoms with van der Waals surface area (Å²) in [5.74, 6) is 0.263. The standard InChI is InChI=1S/C15H9Br2ClN2O/c16-9-3-1-2-8(6-9)13-14(20-21-15(13)19)11-7-10(17)4-5-12(11)18/h1-7H,19H2. The van der Waals surface area contributed by atoms with Crippen molar-refractivity contribution in [3.8, 4) is 22.4 Å². The second-order valence-electron chi connectivity index (χ2n) is 4.40. The van der Waals surface area contributed by atoms with Gasteiger partial charge in [-0.15, -0.1) is 0 Å². The Hall–Kier alpha value is -1.30. The van der Waals surface area contributed by atoms with E-state index >= 15 is 0 Å². The lowest BCUT2D eigenvalue weighted by Crippen LogP contribution is -1.88. The average molecular weight is 429 g/mol. The van der Waals surface area contributed by atoms with Gasteiger partial charge in [-0.25, -0.2) is 0 Å². The van der Waals surface area contributed by atoms with E-state index in [2.05, 4.69) is 37.0 Å². The molecule has 0 fully saturated rings. The Morgan fingerprint density at radius 2 is 1.81 bits per heavy atom. The summed E-state index contributed by atoms with van der Waals surface area (Å²) in [6.07, 6.45) is 0. The van der Waals surface area contributed by atoms with Gasteiger partial charge in [-0.1, -0.05) is 60.8 Å². The number of aromatic nitrogens is 1. The van der Waals surface area contributed by atoms with Crippen LogP contribution >= 0.6 is 43.5 Å². The highest BCUT2D eigenvalue weighted by Crippen LogP contribution is 2.40. The Labute approximate surface area is 143 Å². The van der Waals surface area contributed by atoms with Crippen molar-refractivity contribution < 1.29 is 4.52 Å². The lowest BCUT2D eigenvalue weighted by atomic mass is 10.0. The average Bonchev–Trinajstić information content (AvgIpc) is 2.83. The number of rotatable bonds is 2. The molecule has 0 amide bonds. The summed E-state index contributed by atoms with van der Waals surface area (Å²) in [5.41, 5.74) is 8.98. The maximum absolute atomic E-state index is 6.28. The molecule has 0 spiro atoms. The minimum atomic E-state index is 0.263. The summed E-state index contributed by atoms with van der Waals surface area (Å²) in [6.45, 7) is 0. The quantitative estimate of drug-likeness (QED) is 0.564. The third kappa shape index (κ3) is 2.86. The number of anilines is 1. The Morgan fingerprint density at radius 1 is 1.05 bits per heavy atom. The van der Waals surface area contributed by atoms with Crippen LogP contribution in [0.5, 0.6) is 0 Å². The van der Waals surface area contributed by atoms with Crippen LogP contribution in [0.3, 0.4) is 0 Å². The van der Waals surface area contributed by atoms with Crippen LogP contribution in [0.4, 0.5) is 5.88 Å². The number of halogens is 3. The molecule has 3 aromatic rings. The predicted molar refractivity (Wildman–Crippen MR) is 92.2 cm³/mol. The maximum atomic E-state index is 6.28. The van der Waals surface area contributed by atoms with Gasteiger partial charge in [0, 0.05) is 14.5 Å². The normalized spacial score (nSPS) is 10.8. The molecule has 3 nitrogen and oxygen atoms in total. The molecule has 106 valence electrons. The fraction of sp³-hybridized carbons (Fsp3) is 0. The summed E-state index contributed by atoms with van der Waals surface area (Å²) in [4.78, 5) is 0. The fourth-order valence-electron chi connectivity index (χ4n) is 2.09. The Balaban J connectivity index is 2.24. The molecule has 0 aliphatic carbocycles. The Morgan fingerprint density at radius 3 is 2.57 bits per heavy atom. The van der Waals surface area contributed by atoms with E-state index in [-0.39, 0.29) is 5.88 Å². The van der Waals surface area contributed by atoms with Crippen molar-refractivity contribution in [2.45, 2.75) is 0 Å². The van der Waals surface area contributed by atoms with E-state index in [1.807, 2.05) is 36.4 Å². The molecule has 0 unspecified atom stereocenters. The molecule has 0 radical (unpaired) electrons. The summed E-state index contributed by atoms with van der Waals surface area (Å²) < 4.78 is 7.03. The van der Waals surface area contributed by atoms with Crippen LogP contribution in [0, 0.1) is 0 Å². The summed E-state index contributed by atoms with van der Waals surface area (Å²) in [6, 6.07) is 13.3. The maximum Gasteiger partial charge on any atom is 0.230 e. The molecule has 1 heterocycles. The number of hydrogen-bond acceptors (Lipinski definition) is 3. The van der Waals surface area contributed by atoms with Gasteiger partial charge in [-0.3, -0.25) is 0 Å². The van der Waals surface area contributed by atoms with Crippen LogP contribution in [0.1, 0.15) is 0 Å². The van der Waals surface area contributed by atoms with Gasteiger partial charge < -0.3 is 10.3 Å². The van der Waals surface area contributed by atoms with Crippen molar-refractivity contribution in [3.63, 3.8) is 0 Å². The third-order valence-electron chi connectivity index (χ3n) is 3.02. The molecule has 0 bridgehead atoms. The molecule has 0 atom stereocenters. The zero-order chi connectivity index (χ0) is 15.0. The lowest BCUT2D eigenvalue weighted by molar-refractivity contribution is 0.439. The number of nitrogens with two attached hydrogens (primary N) is 1. The third-order valence-corrected chi connectivity index (χ3v) is 4.33. The molecule has 0 saturated heterocycles. The molecule has 21 heavy (non-hydrogen) atoms. The molecular formula is C15H9Br2ClN2O. The van der Waals surface area contributed by atoms with Gasteiger partial charge in [0.05, 0.1) is 10.6 Å². The van der Waals surface area contributed by atoms with Gasteiger partial charge in [0.15, 0.2) is 0 Å². The SMILES string of the molecule is Nc1onc(-c2cc(Br)ccc2Cl)c1-c1cccc(Br)c1. The first-order valence-electron chi connectivity index (χ1n) is 6.03. The van der Waals surface area contributed by atoms with Crippen LogP contribution in [0.2, 0.25) is 5.02 Å². The van der Waals surface area contributed by atoms with Crippen LogP contribution in [0.15, 0.2) is 55.9 Å². The van der Waals surface area contributed by atoms with E-state index in [1.54, 1.807) is 6.07 Å². The highest BCUT2D eigenvalue weighted by molar-refractivity contribution is 9.10. The van der Waals surface area contributed by atoms with Crippen LogP contribution in [-0.4, -0.2) is 5.16 Å². The number of benzene rings is 2. The van der Waals surface area contributed by atoms with Gasteiger partial charge in [-0.2, -0.15) is 0 Å². The molecular weight excluding hydrogens is 419 g/mol. The van der Waals surface area contributed by atoms with Crippen molar-refractivity contribution >= 4 is 49.3 Å². The molecule has 0 aliphatic heterocycles. The first kappa shape index (κ1) is 14.6. The summed E-state index contributed by atoms with van der Waals surface area (Å²) in [7, 11) is 0. The van der Waals surface area contributed by atoms with Gasteiger partial charge >= 0.3 is 0 Å². The summed E-state index contributed by atoms with van der Waals surface area (Å²) in [5, 5.41) is 4.66. The highest BCUT2D eigenvalue weighted by Gasteiger charge is 2.19. The second kappa shape index (κ2) is 5.83. The zero-order valence-electron chi connectivity index (χ0n) is 10.6. The number of hydrogen-bond donors (Lipinski definition) is 1. The van der Waals surface area contributed by atoms with Crippen molar-refractivity contribution in [2.24, 2.45) is 0 Å². The number of nitrogen functional groups attached to an aromatic ring is 1. The lowest BCUT2D eigenvalue weighted by Gasteiger charge is -2.06. The number of nitrogens with zero attached hydrogens (tertiary/aromatic N) is 1. The minimum absolute atomic E-state index is 0.263. The van der Waals surface area contributed by atoms with Gasteiger partial charge in [0.2, 0.25) is 5.88 Å². The molecule has 0 aliphatic rings. The fourth-order valence-corrected chi connectivity index (χ4v) is 3.06. The largest absolute Gasteiger partial charge is 0.367 e. The van der Waals surface area contributed by atoms with Crippen LogP contribution in [-0.2, 0) is 0 Å². The smallest absolute Gasteiger partial charge is 0.230 e. The summed E-state index contributed by atoms with van der Waals surface area (Å²) >= 11 is 13.2. The Bertz CT molecular complexity index is 817. The van der Waals surface area contributed by atoms with E-state index in [9.17, 15) is 0 Å². The second-order valence-corrected chi connectivity index (χ2v) is 6.64. The first-order chi connectivity index (χ1) is 10.1. The molecule has 3 rings (SSSR count). The van der Waals surface area contributed by atoms with Crippen molar-refractivity contribution in [1.29, 1.82) is 0 Å². The predicted octanol–water partition coefficient (Wildman–Crippen LogP) is 5.77. The highest BCUT2D eigenvalue weighted by atomic mass is 79.9. The van der Waals surface area contributed by atoms with Gasteiger partial charge in [0.1, 0.15) is 5.69 Å². The molecule has 2 aromatic carbocycles. The molecule has 1 aromatic heterocycles. The first-order valence-corrected chi connectivity index (χ1v) is 7.99. The van der Waals surface area contributed by atoms with Gasteiger partial charge in [0.25, 0.3) is 0 Å². The van der Waals surface area contributed by atoms with Crippen molar-refractivity contribution in [3.05, 3.63) is 56.4 Å². The molecule has 6 heteroatoms. The minimum Gasteiger partial charge on any atom is -0.367 e. The molecule has 2 N–H and O–H groups in total. The van der Waals surface area contributed by atoms with E-state index in [0.29, 0.717) is 10.7 Å². The molecule has 0 saturated carbocycles. The van der Waals surface area contributed by atoms with E-state index in [0.717, 1.165) is 25.6 Å².